The van der Waals surface area contributed by atoms with E-state index in [1.165, 1.54) is 16.8 Å². The summed E-state index contributed by atoms with van der Waals surface area (Å²) in [6.07, 6.45) is 1.39. The molecule has 0 spiro atoms. The molecule has 0 aliphatic heterocycles. The van der Waals surface area contributed by atoms with Gasteiger partial charge in [-0.2, -0.15) is 5.10 Å². The molecular weight excluding hydrogens is 274 g/mol. The van der Waals surface area contributed by atoms with Crippen LogP contribution in [0.25, 0.3) is 5.65 Å². The molecule has 0 unspecified atom stereocenters. The topological polar surface area (TPSA) is 56.5 Å². The third-order valence-corrected chi connectivity index (χ3v) is 2.48. The number of aryl methyl sites for hydroxylation is 1. The van der Waals surface area contributed by atoms with Gasteiger partial charge in [0, 0.05) is 10.3 Å². The number of hydrogen-bond acceptors (Lipinski definition) is 4. The highest BCUT2D eigenvalue weighted by molar-refractivity contribution is 9.10. The van der Waals surface area contributed by atoms with Gasteiger partial charge in [0.1, 0.15) is 5.82 Å². The number of rotatable bonds is 2. The van der Waals surface area contributed by atoms with E-state index in [4.69, 9.17) is 8.85 Å². The number of carbonyl (C=O) groups excluding carboxylic acids is 1. The molecular formula is C10H10BrN3O2. The Labute approximate surface area is 105 Å². The normalized spacial score (nSPS) is 14.2. The summed E-state index contributed by atoms with van der Waals surface area (Å²) < 4.78 is 28.4. The van der Waals surface area contributed by atoms with Gasteiger partial charge in [-0.1, -0.05) is 0 Å². The SMILES string of the molecule is [2H]C([2H])([2H])c1nc2c(Br)cc(C(=O)OCC)cn2n1. The number of nitrogens with zero attached hydrogens (tertiary/aromatic N) is 3. The summed E-state index contributed by atoms with van der Waals surface area (Å²) >= 11 is 3.23. The number of carbonyl (C=O) groups is 1. The van der Waals surface area contributed by atoms with Crippen LogP contribution in [0.15, 0.2) is 16.7 Å². The highest BCUT2D eigenvalue weighted by atomic mass is 79.9. The van der Waals surface area contributed by atoms with Crippen molar-refractivity contribution in [2.75, 3.05) is 6.61 Å². The van der Waals surface area contributed by atoms with Crippen LogP contribution in [-0.2, 0) is 4.74 Å². The second-order valence-electron chi connectivity index (χ2n) is 3.00. The average molecular weight is 287 g/mol. The molecule has 0 bridgehead atoms. The molecule has 2 aromatic rings. The molecule has 0 saturated carbocycles. The molecule has 0 N–H and O–H groups in total. The van der Waals surface area contributed by atoms with Crippen molar-refractivity contribution in [2.24, 2.45) is 0 Å². The Morgan fingerprint density at radius 2 is 2.56 bits per heavy atom. The van der Waals surface area contributed by atoms with Crippen molar-refractivity contribution in [3.05, 3.63) is 28.1 Å². The predicted octanol–water partition coefficient (Wildman–Crippen LogP) is 1.98. The van der Waals surface area contributed by atoms with Crippen molar-refractivity contribution in [1.82, 2.24) is 14.6 Å². The van der Waals surface area contributed by atoms with E-state index in [1.807, 2.05) is 0 Å². The van der Waals surface area contributed by atoms with E-state index in [-0.39, 0.29) is 18.0 Å². The number of pyridine rings is 1. The van der Waals surface area contributed by atoms with Crippen LogP contribution < -0.4 is 0 Å². The Morgan fingerprint density at radius 1 is 1.75 bits per heavy atom. The first-order valence-corrected chi connectivity index (χ1v) is 5.35. The summed E-state index contributed by atoms with van der Waals surface area (Å²) in [5.74, 6) is -0.773. The third kappa shape index (κ3) is 1.92. The molecule has 0 amide bonds. The molecule has 0 fully saturated rings. The third-order valence-electron chi connectivity index (χ3n) is 1.90. The molecule has 2 rings (SSSR count). The minimum absolute atomic E-state index is 0.256. The van der Waals surface area contributed by atoms with Crippen LogP contribution in [0.1, 0.15) is 27.2 Å². The Balaban J connectivity index is 2.54. The van der Waals surface area contributed by atoms with Gasteiger partial charge in [0.2, 0.25) is 0 Å². The number of fused-ring (bicyclic) bond motifs is 1. The Bertz CT molecular complexity index is 639. The monoisotopic (exact) mass is 286 g/mol. The molecule has 0 aliphatic rings. The zero-order valence-electron chi connectivity index (χ0n) is 11.4. The highest BCUT2D eigenvalue weighted by Crippen LogP contribution is 2.18. The number of esters is 1. The van der Waals surface area contributed by atoms with Gasteiger partial charge in [-0.25, -0.2) is 14.3 Å². The fourth-order valence-corrected chi connectivity index (χ4v) is 1.79. The smallest absolute Gasteiger partial charge is 0.339 e. The van der Waals surface area contributed by atoms with Crippen LogP contribution in [0.3, 0.4) is 0 Å². The highest BCUT2D eigenvalue weighted by Gasteiger charge is 2.12. The summed E-state index contributed by atoms with van der Waals surface area (Å²) in [7, 11) is 0. The molecule has 5 nitrogen and oxygen atoms in total. The van der Waals surface area contributed by atoms with Gasteiger partial charge in [-0.05, 0) is 35.8 Å². The number of hydrogen-bond donors (Lipinski definition) is 0. The molecule has 16 heavy (non-hydrogen) atoms. The van der Waals surface area contributed by atoms with Gasteiger partial charge >= 0.3 is 5.97 Å². The van der Waals surface area contributed by atoms with Crippen molar-refractivity contribution in [3.8, 4) is 0 Å². The minimum atomic E-state index is -2.39. The van der Waals surface area contributed by atoms with Crippen LogP contribution in [-0.4, -0.2) is 27.2 Å². The first kappa shape index (κ1) is 7.78. The summed E-state index contributed by atoms with van der Waals surface area (Å²) in [6.45, 7) is -0.435. The maximum Gasteiger partial charge on any atom is 0.339 e. The molecule has 2 heterocycles. The zero-order valence-corrected chi connectivity index (χ0v) is 9.98. The lowest BCUT2D eigenvalue weighted by Gasteiger charge is -2.02. The number of ether oxygens (including phenoxy) is 1. The number of halogens is 1. The van der Waals surface area contributed by atoms with Crippen molar-refractivity contribution >= 4 is 27.5 Å². The molecule has 0 atom stereocenters. The fraction of sp³-hybridized carbons (Fsp3) is 0.300. The van der Waals surface area contributed by atoms with Crippen molar-refractivity contribution in [1.29, 1.82) is 0 Å². The molecule has 6 heteroatoms. The van der Waals surface area contributed by atoms with Crippen molar-refractivity contribution in [3.63, 3.8) is 0 Å². The number of aromatic nitrogens is 3. The largest absolute Gasteiger partial charge is 0.462 e. The van der Waals surface area contributed by atoms with Crippen LogP contribution in [0.2, 0.25) is 0 Å². The first-order chi connectivity index (χ1) is 8.82. The van der Waals surface area contributed by atoms with E-state index in [0.717, 1.165) is 0 Å². The Kier molecular flexibility index (Phi) is 2.05. The quantitative estimate of drug-likeness (QED) is 0.792. The van der Waals surface area contributed by atoms with E-state index >= 15 is 0 Å². The lowest BCUT2D eigenvalue weighted by atomic mass is 10.3. The minimum Gasteiger partial charge on any atom is -0.462 e. The lowest BCUT2D eigenvalue weighted by Crippen LogP contribution is -2.06. The molecule has 0 aliphatic carbocycles. The average Bonchev–Trinajstić information content (AvgIpc) is 2.73. The molecule has 2 aromatic heterocycles. The van der Waals surface area contributed by atoms with Crippen LogP contribution in [0, 0.1) is 6.85 Å². The van der Waals surface area contributed by atoms with Gasteiger partial charge < -0.3 is 4.74 Å². The van der Waals surface area contributed by atoms with Gasteiger partial charge in [0.25, 0.3) is 0 Å². The summed E-state index contributed by atoms with van der Waals surface area (Å²) in [5.41, 5.74) is 0.599. The standard InChI is InChI=1S/C10H10BrN3O2/c1-3-16-10(15)7-4-8(11)9-12-6(2)13-14(9)5-7/h4-5H,3H2,1-2H3/i2D3. The first-order valence-electron chi connectivity index (χ1n) is 6.06. The zero-order chi connectivity index (χ0) is 14.2. The Hall–Kier alpha value is -1.43. The van der Waals surface area contributed by atoms with E-state index in [0.29, 0.717) is 10.1 Å². The summed E-state index contributed by atoms with van der Waals surface area (Å²) in [5, 5.41) is 3.85. The van der Waals surface area contributed by atoms with Gasteiger partial charge in [-0.15, -0.1) is 0 Å². The van der Waals surface area contributed by atoms with E-state index in [1.54, 1.807) is 6.92 Å². The summed E-state index contributed by atoms with van der Waals surface area (Å²) in [6, 6.07) is 1.52. The van der Waals surface area contributed by atoms with Crippen molar-refractivity contribution in [2.45, 2.75) is 13.8 Å². The van der Waals surface area contributed by atoms with Crippen molar-refractivity contribution < 1.29 is 13.6 Å². The molecule has 84 valence electrons. The Morgan fingerprint density at radius 3 is 3.25 bits per heavy atom. The van der Waals surface area contributed by atoms with Crippen LogP contribution in [0.4, 0.5) is 0 Å². The second kappa shape index (κ2) is 4.21. The lowest BCUT2D eigenvalue weighted by molar-refractivity contribution is 0.0525. The maximum atomic E-state index is 11.6. The molecule has 0 radical (unpaired) electrons. The van der Waals surface area contributed by atoms with Gasteiger partial charge in [0.15, 0.2) is 5.65 Å². The second-order valence-corrected chi connectivity index (χ2v) is 3.86. The van der Waals surface area contributed by atoms with E-state index < -0.39 is 12.8 Å². The van der Waals surface area contributed by atoms with Crippen LogP contribution >= 0.6 is 15.9 Å². The van der Waals surface area contributed by atoms with Crippen LogP contribution in [0.5, 0.6) is 0 Å². The predicted molar refractivity (Wildman–Crippen MR) is 61.4 cm³/mol. The fourth-order valence-electron chi connectivity index (χ4n) is 1.27. The maximum absolute atomic E-state index is 11.6. The van der Waals surface area contributed by atoms with E-state index in [9.17, 15) is 4.79 Å². The molecule has 0 aromatic carbocycles. The van der Waals surface area contributed by atoms with Gasteiger partial charge in [0.05, 0.1) is 16.6 Å². The van der Waals surface area contributed by atoms with Gasteiger partial charge in [-0.3, -0.25) is 0 Å². The molecule has 0 saturated heterocycles. The van der Waals surface area contributed by atoms with E-state index in [2.05, 4.69) is 26.0 Å². The summed E-state index contributed by atoms with van der Waals surface area (Å²) in [4.78, 5) is 15.5.